The molecule has 9 nitrogen and oxygen atoms in total. The van der Waals surface area contributed by atoms with Gasteiger partial charge in [0.15, 0.2) is 0 Å². The molecule has 1 rings (SSSR count). The maximum atomic E-state index is 11.7. The van der Waals surface area contributed by atoms with Gasteiger partial charge in [-0.05, 0) is 25.5 Å². The van der Waals surface area contributed by atoms with Gasteiger partial charge < -0.3 is 19.6 Å². The molecule has 0 spiro atoms. The minimum absolute atomic E-state index is 0.0185. The molecule has 0 unspecified atom stereocenters. The second-order valence-corrected chi connectivity index (χ2v) is 8.07. The smallest absolute Gasteiger partial charge is 0.325 e. The van der Waals surface area contributed by atoms with Gasteiger partial charge in [0.2, 0.25) is 0 Å². The van der Waals surface area contributed by atoms with Gasteiger partial charge in [0.1, 0.15) is 0 Å². The molecule has 0 amide bonds. The van der Waals surface area contributed by atoms with Gasteiger partial charge in [0, 0.05) is 0 Å². The van der Waals surface area contributed by atoms with Crippen molar-refractivity contribution in [3.63, 3.8) is 0 Å². The van der Waals surface area contributed by atoms with Crippen molar-refractivity contribution < 1.29 is 41.3 Å². The number of rotatable bonds is 6. The van der Waals surface area contributed by atoms with Gasteiger partial charge in [-0.3, -0.25) is 13.3 Å². The lowest BCUT2D eigenvalue weighted by molar-refractivity contribution is 0.310. The van der Waals surface area contributed by atoms with E-state index in [-0.39, 0.29) is 17.9 Å². The molecule has 0 radical (unpaired) electrons. The van der Waals surface area contributed by atoms with E-state index in [1.807, 2.05) is 6.92 Å². The SMILES string of the molecule is Cc1ccc(S(=O)(=O)OCCCP(=O)(O)O)cc1.O=[PH](O)O. The number of benzene rings is 1. The van der Waals surface area contributed by atoms with E-state index < -0.39 is 32.1 Å². The monoisotopic (exact) mass is 376 g/mol. The first-order valence-corrected chi connectivity index (χ1v) is 10.4. The predicted molar refractivity (Wildman–Crippen MR) is 79.3 cm³/mol. The number of aryl methyl sites for hydroxylation is 1. The van der Waals surface area contributed by atoms with E-state index in [1.165, 1.54) is 12.1 Å². The van der Waals surface area contributed by atoms with Crippen LogP contribution in [0.1, 0.15) is 12.0 Å². The van der Waals surface area contributed by atoms with Gasteiger partial charge in [-0.1, -0.05) is 17.7 Å². The summed E-state index contributed by atoms with van der Waals surface area (Å²) in [6.07, 6.45) is -0.411. The third kappa shape index (κ3) is 11.1. The van der Waals surface area contributed by atoms with Crippen molar-refractivity contribution in [3.8, 4) is 0 Å². The molecule has 22 heavy (non-hydrogen) atoms. The Labute approximate surface area is 128 Å². The molecule has 0 aliphatic heterocycles. The first-order valence-electron chi connectivity index (χ1n) is 5.86. The van der Waals surface area contributed by atoms with Crippen LogP contribution in [-0.4, -0.2) is 40.8 Å². The Morgan fingerprint density at radius 2 is 1.64 bits per heavy atom. The molecule has 0 saturated heterocycles. The van der Waals surface area contributed by atoms with Crippen LogP contribution >= 0.6 is 15.9 Å². The van der Waals surface area contributed by atoms with Crippen molar-refractivity contribution in [1.29, 1.82) is 0 Å². The molecule has 0 fully saturated rings. The summed E-state index contributed by atoms with van der Waals surface area (Å²) in [5, 5.41) is 0. The molecule has 0 aliphatic carbocycles. The van der Waals surface area contributed by atoms with Crippen molar-refractivity contribution in [2.45, 2.75) is 18.2 Å². The molecule has 0 heterocycles. The van der Waals surface area contributed by atoms with Crippen LogP contribution in [0.15, 0.2) is 29.2 Å². The molecule has 1 aromatic carbocycles. The molecular weight excluding hydrogens is 358 g/mol. The van der Waals surface area contributed by atoms with Crippen LogP contribution in [0.3, 0.4) is 0 Å². The Hall–Kier alpha value is -0.570. The summed E-state index contributed by atoms with van der Waals surface area (Å²) in [4.78, 5) is 31.5. The minimum Gasteiger partial charge on any atom is -0.326 e. The van der Waals surface area contributed by atoms with Crippen LogP contribution in [0.2, 0.25) is 0 Å². The average molecular weight is 376 g/mol. The summed E-state index contributed by atoms with van der Waals surface area (Å²) in [7, 11) is -11.1. The van der Waals surface area contributed by atoms with Gasteiger partial charge in [0.05, 0.1) is 17.7 Å². The molecule has 0 aliphatic rings. The maximum absolute atomic E-state index is 11.7. The third-order valence-electron chi connectivity index (χ3n) is 2.14. The van der Waals surface area contributed by atoms with Crippen LogP contribution in [-0.2, 0) is 23.4 Å². The first-order chi connectivity index (χ1) is 9.94. The van der Waals surface area contributed by atoms with E-state index in [0.717, 1.165) is 5.56 Å². The minimum atomic E-state index is -4.10. The number of hydrogen-bond acceptors (Lipinski definition) is 5. The second-order valence-electron chi connectivity index (χ2n) is 4.11. The van der Waals surface area contributed by atoms with Gasteiger partial charge in [-0.15, -0.1) is 0 Å². The molecular formula is C10H18O9P2S. The van der Waals surface area contributed by atoms with Crippen LogP contribution < -0.4 is 0 Å². The predicted octanol–water partition coefficient (Wildman–Crippen LogP) is 0.629. The molecule has 0 saturated carbocycles. The van der Waals surface area contributed by atoms with Crippen molar-refractivity contribution in [2.75, 3.05) is 12.8 Å². The summed E-state index contributed by atoms with van der Waals surface area (Å²) >= 11 is 0. The highest BCUT2D eigenvalue weighted by Crippen LogP contribution is 2.34. The zero-order valence-electron chi connectivity index (χ0n) is 11.6. The van der Waals surface area contributed by atoms with Gasteiger partial charge >= 0.3 is 15.9 Å². The van der Waals surface area contributed by atoms with Crippen LogP contribution in [0.5, 0.6) is 0 Å². The van der Waals surface area contributed by atoms with E-state index >= 15 is 0 Å². The standard InChI is InChI=1S/C10H15O6PS.H3O3P/c1-9-3-5-10(6-4-9)18(14,15)16-7-2-8-17(11,12)13;1-4(2)3/h3-6H,2,7-8H2,1H3,(H2,11,12,13);4H,(H2,1,2,3). The lowest BCUT2D eigenvalue weighted by atomic mass is 10.2. The van der Waals surface area contributed by atoms with Crippen molar-refractivity contribution in [1.82, 2.24) is 0 Å². The highest BCUT2D eigenvalue weighted by Gasteiger charge is 2.16. The largest absolute Gasteiger partial charge is 0.326 e. The fourth-order valence-electron chi connectivity index (χ4n) is 1.21. The fraction of sp³-hybridized carbons (Fsp3) is 0.400. The Bertz CT molecular complexity index is 616. The second kappa shape index (κ2) is 9.54. The van der Waals surface area contributed by atoms with E-state index in [9.17, 15) is 13.0 Å². The zero-order chi connectivity index (χ0) is 17.4. The van der Waals surface area contributed by atoms with Crippen molar-refractivity contribution in [3.05, 3.63) is 29.8 Å². The van der Waals surface area contributed by atoms with E-state index in [1.54, 1.807) is 12.1 Å². The summed E-state index contributed by atoms with van der Waals surface area (Å²) < 4.78 is 47.3. The summed E-state index contributed by atoms with van der Waals surface area (Å²) in [5.41, 5.74) is 0.926. The van der Waals surface area contributed by atoms with Gasteiger partial charge in [-0.2, -0.15) is 8.42 Å². The van der Waals surface area contributed by atoms with Gasteiger partial charge in [-0.25, -0.2) is 0 Å². The molecule has 1 aromatic rings. The molecule has 12 heteroatoms. The Morgan fingerprint density at radius 1 is 1.18 bits per heavy atom. The highest BCUT2D eigenvalue weighted by atomic mass is 32.2. The van der Waals surface area contributed by atoms with E-state index in [4.69, 9.17) is 24.1 Å². The molecule has 0 bridgehead atoms. The lowest BCUT2D eigenvalue weighted by Crippen LogP contribution is -2.08. The Morgan fingerprint density at radius 3 is 2.05 bits per heavy atom. The number of hydrogen-bond donors (Lipinski definition) is 4. The first kappa shape index (κ1) is 21.4. The summed E-state index contributed by atoms with van der Waals surface area (Å²) in [6, 6.07) is 6.14. The Balaban J connectivity index is 0.000000980. The molecule has 4 N–H and O–H groups in total. The van der Waals surface area contributed by atoms with Crippen LogP contribution in [0.25, 0.3) is 0 Å². The van der Waals surface area contributed by atoms with Crippen molar-refractivity contribution in [2.24, 2.45) is 0 Å². The molecule has 128 valence electrons. The van der Waals surface area contributed by atoms with E-state index in [2.05, 4.69) is 4.18 Å². The van der Waals surface area contributed by atoms with E-state index in [0.29, 0.717) is 0 Å². The average Bonchev–Trinajstić information content (AvgIpc) is 2.33. The summed E-state index contributed by atoms with van der Waals surface area (Å²) in [6.45, 7) is 1.58. The Kier molecular flexibility index (Phi) is 9.30. The van der Waals surface area contributed by atoms with Crippen molar-refractivity contribution >= 4 is 26.0 Å². The molecule has 0 aromatic heterocycles. The maximum Gasteiger partial charge on any atom is 0.325 e. The highest BCUT2D eigenvalue weighted by molar-refractivity contribution is 7.86. The lowest BCUT2D eigenvalue weighted by Gasteiger charge is -2.06. The van der Waals surface area contributed by atoms with Crippen LogP contribution in [0.4, 0.5) is 0 Å². The molecule has 0 atom stereocenters. The fourth-order valence-corrected chi connectivity index (χ4v) is 2.70. The topological polar surface area (TPSA) is 158 Å². The van der Waals surface area contributed by atoms with Crippen LogP contribution in [0, 0.1) is 6.92 Å². The summed E-state index contributed by atoms with van der Waals surface area (Å²) in [5.74, 6) is 0. The zero-order valence-corrected chi connectivity index (χ0v) is 14.3. The quantitative estimate of drug-likeness (QED) is 0.317. The van der Waals surface area contributed by atoms with Gasteiger partial charge in [0.25, 0.3) is 10.1 Å². The third-order valence-corrected chi connectivity index (χ3v) is 4.37. The normalized spacial score (nSPS) is 11.9.